The van der Waals surface area contributed by atoms with Crippen molar-refractivity contribution in [2.24, 2.45) is 5.92 Å². The van der Waals surface area contributed by atoms with E-state index in [0.717, 1.165) is 45.5 Å². The van der Waals surface area contributed by atoms with Crippen LogP contribution in [0.4, 0.5) is 0 Å². The van der Waals surface area contributed by atoms with Crippen molar-refractivity contribution in [3.05, 3.63) is 17.2 Å². The Hall–Kier alpha value is -0.870. The molecule has 118 valence electrons. The van der Waals surface area contributed by atoms with Gasteiger partial charge in [-0.15, -0.1) is 0 Å². The highest BCUT2D eigenvalue weighted by atomic mass is 16.5. The van der Waals surface area contributed by atoms with Crippen LogP contribution in [-0.2, 0) is 30.7 Å². The van der Waals surface area contributed by atoms with Gasteiger partial charge in [-0.25, -0.2) is 4.98 Å². The van der Waals surface area contributed by atoms with Gasteiger partial charge in [0.25, 0.3) is 0 Å². The van der Waals surface area contributed by atoms with Crippen LogP contribution < -0.4 is 5.32 Å². The third kappa shape index (κ3) is 3.67. The summed E-state index contributed by atoms with van der Waals surface area (Å²) in [5, 5.41) is 3.44. The van der Waals surface area contributed by atoms with Crippen LogP contribution in [0, 0.1) is 5.92 Å². The van der Waals surface area contributed by atoms with Crippen LogP contribution in [0.25, 0.3) is 0 Å². The highest BCUT2D eigenvalue weighted by Gasteiger charge is 2.21. The first kappa shape index (κ1) is 15.0. The zero-order valence-corrected chi connectivity index (χ0v) is 13.5. The van der Waals surface area contributed by atoms with Crippen LogP contribution in [0.2, 0.25) is 0 Å². The largest absolute Gasteiger partial charge is 0.378 e. The summed E-state index contributed by atoms with van der Waals surface area (Å²) in [5.74, 6) is 1.95. The van der Waals surface area contributed by atoms with E-state index in [0.29, 0.717) is 12.0 Å². The van der Waals surface area contributed by atoms with Crippen molar-refractivity contribution in [2.75, 3.05) is 13.2 Å². The molecule has 1 N–H and O–H groups in total. The third-order valence-electron chi connectivity index (χ3n) is 4.61. The Labute approximate surface area is 128 Å². The number of aromatic nitrogens is 2. The van der Waals surface area contributed by atoms with Crippen molar-refractivity contribution < 1.29 is 4.74 Å². The molecule has 3 rings (SSSR count). The van der Waals surface area contributed by atoms with Crippen molar-refractivity contribution >= 4 is 0 Å². The SMILES string of the molecule is CC(C)Cc1nc2c(n1CCC1CCCCO1)CCNC2. The van der Waals surface area contributed by atoms with E-state index in [1.807, 2.05) is 0 Å². The zero-order chi connectivity index (χ0) is 14.7. The maximum absolute atomic E-state index is 5.90. The molecule has 1 fully saturated rings. The van der Waals surface area contributed by atoms with Crippen LogP contribution in [0.5, 0.6) is 0 Å². The van der Waals surface area contributed by atoms with Crippen LogP contribution >= 0.6 is 0 Å². The van der Waals surface area contributed by atoms with Crippen LogP contribution in [0.3, 0.4) is 0 Å². The molecule has 21 heavy (non-hydrogen) atoms. The number of imidazole rings is 1. The summed E-state index contributed by atoms with van der Waals surface area (Å²) in [6, 6.07) is 0. The number of nitrogens with zero attached hydrogens (tertiary/aromatic N) is 2. The maximum Gasteiger partial charge on any atom is 0.109 e. The van der Waals surface area contributed by atoms with Crippen molar-refractivity contribution in [3.63, 3.8) is 0 Å². The minimum Gasteiger partial charge on any atom is -0.378 e. The summed E-state index contributed by atoms with van der Waals surface area (Å²) >= 11 is 0. The van der Waals surface area contributed by atoms with Crippen molar-refractivity contribution in [1.29, 1.82) is 0 Å². The average Bonchev–Trinajstić information content (AvgIpc) is 2.82. The Kier molecular flexibility index (Phi) is 4.96. The molecule has 1 atom stereocenters. The van der Waals surface area contributed by atoms with E-state index in [1.54, 1.807) is 0 Å². The fourth-order valence-electron chi connectivity index (χ4n) is 3.52. The van der Waals surface area contributed by atoms with Crippen LogP contribution in [0.15, 0.2) is 0 Å². The van der Waals surface area contributed by atoms with Gasteiger partial charge in [0, 0.05) is 44.8 Å². The van der Waals surface area contributed by atoms with Gasteiger partial charge in [-0.3, -0.25) is 0 Å². The second-order valence-electron chi connectivity index (χ2n) is 6.88. The van der Waals surface area contributed by atoms with Gasteiger partial charge in [0.1, 0.15) is 5.82 Å². The smallest absolute Gasteiger partial charge is 0.109 e. The van der Waals surface area contributed by atoms with E-state index in [4.69, 9.17) is 9.72 Å². The molecule has 0 aromatic carbocycles. The molecule has 1 saturated heterocycles. The predicted molar refractivity (Wildman–Crippen MR) is 84.4 cm³/mol. The molecule has 0 radical (unpaired) electrons. The molecule has 4 heteroatoms. The lowest BCUT2D eigenvalue weighted by Gasteiger charge is -2.24. The summed E-state index contributed by atoms with van der Waals surface area (Å²) in [6.07, 6.45) is 7.60. The predicted octanol–water partition coefficient (Wildman–Crippen LogP) is 2.69. The fraction of sp³-hybridized carbons (Fsp3) is 0.824. The Balaban J connectivity index is 1.72. The van der Waals surface area contributed by atoms with Crippen molar-refractivity contribution in [3.8, 4) is 0 Å². The zero-order valence-electron chi connectivity index (χ0n) is 13.5. The summed E-state index contributed by atoms with van der Waals surface area (Å²) in [6.45, 7) is 8.61. The first-order chi connectivity index (χ1) is 10.2. The molecule has 2 aliphatic rings. The molecule has 0 amide bonds. The Bertz CT molecular complexity index is 461. The van der Waals surface area contributed by atoms with Gasteiger partial charge in [-0.2, -0.15) is 0 Å². The Morgan fingerprint density at radius 1 is 1.38 bits per heavy atom. The second-order valence-corrected chi connectivity index (χ2v) is 6.88. The molecule has 0 spiro atoms. The Morgan fingerprint density at radius 3 is 3.05 bits per heavy atom. The summed E-state index contributed by atoms with van der Waals surface area (Å²) in [7, 11) is 0. The molecule has 0 bridgehead atoms. The van der Waals surface area contributed by atoms with E-state index in [1.165, 1.54) is 36.5 Å². The van der Waals surface area contributed by atoms with Crippen LogP contribution in [0.1, 0.15) is 56.7 Å². The highest BCUT2D eigenvalue weighted by Crippen LogP contribution is 2.22. The minimum atomic E-state index is 0.463. The van der Waals surface area contributed by atoms with Gasteiger partial charge in [0.2, 0.25) is 0 Å². The van der Waals surface area contributed by atoms with Gasteiger partial charge in [0.15, 0.2) is 0 Å². The van der Waals surface area contributed by atoms with Crippen molar-refractivity contribution in [1.82, 2.24) is 14.9 Å². The molecule has 1 aromatic rings. The summed E-state index contributed by atoms with van der Waals surface area (Å²) in [4.78, 5) is 4.91. The molecule has 0 saturated carbocycles. The lowest BCUT2D eigenvalue weighted by Crippen LogP contribution is -2.26. The lowest BCUT2D eigenvalue weighted by atomic mass is 10.1. The fourth-order valence-corrected chi connectivity index (χ4v) is 3.52. The van der Waals surface area contributed by atoms with E-state index in [9.17, 15) is 0 Å². The Morgan fingerprint density at radius 2 is 2.29 bits per heavy atom. The lowest BCUT2D eigenvalue weighted by molar-refractivity contribution is 0.00857. The minimum absolute atomic E-state index is 0.463. The third-order valence-corrected chi connectivity index (χ3v) is 4.61. The molecule has 4 nitrogen and oxygen atoms in total. The van der Waals surface area contributed by atoms with Gasteiger partial charge in [0.05, 0.1) is 11.8 Å². The first-order valence-electron chi connectivity index (χ1n) is 8.63. The van der Waals surface area contributed by atoms with Crippen molar-refractivity contribution in [2.45, 2.75) is 71.6 Å². The van der Waals surface area contributed by atoms with Gasteiger partial charge in [-0.05, 0) is 31.6 Å². The first-order valence-corrected chi connectivity index (χ1v) is 8.63. The van der Waals surface area contributed by atoms with Gasteiger partial charge < -0.3 is 14.6 Å². The molecule has 0 aliphatic carbocycles. The van der Waals surface area contributed by atoms with E-state index in [2.05, 4.69) is 23.7 Å². The number of hydrogen-bond acceptors (Lipinski definition) is 3. The second kappa shape index (κ2) is 6.93. The number of hydrogen-bond donors (Lipinski definition) is 1. The highest BCUT2D eigenvalue weighted by molar-refractivity contribution is 5.20. The molecule has 2 aliphatic heterocycles. The van der Waals surface area contributed by atoms with Gasteiger partial charge in [-0.1, -0.05) is 13.8 Å². The quantitative estimate of drug-likeness (QED) is 0.906. The normalized spacial score (nSPS) is 22.5. The number of nitrogens with one attached hydrogen (secondary N) is 1. The van der Waals surface area contributed by atoms with Gasteiger partial charge >= 0.3 is 0 Å². The van der Waals surface area contributed by atoms with Crippen LogP contribution in [-0.4, -0.2) is 28.8 Å². The number of ether oxygens (including phenoxy) is 1. The molecule has 1 unspecified atom stereocenters. The molecule has 3 heterocycles. The topological polar surface area (TPSA) is 39.1 Å². The molecular formula is C17H29N3O. The summed E-state index contributed by atoms with van der Waals surface area (Å²) in [5.41, 5.74) is 2.75. The summed E-state index contributed by atoms with van der Waals surface area (Å²) < 4.78 is 8.40. The average molecular weight is 291 g/mol. The molecular weight excluding hydrogens is 262 g/mol. The molecule has 1 aromatic heterocycles. The number of rotatable bonds is 5. The maximum atomic E-state index is 5.90. The number of fused-ring (bicyclic) bond motifs is 1. The monoisotopic (exact) mass is 291 g/mol. The van der Waals surface area contributed by atoms with E-state index < -0.39 is 0 Å². The van der Waals surface area contributed by atoms with E-state index in [-0.39, 0.29) is 0 Å². The van der Waals surface area contributed by atoms with E-state index >= 15 is 0 Å². The standard InChI is InChI=1S/C17H29N3O/c1-13(2)11-17-19-15-12-18-8-6-16(15)20(17)9-7-14-5-3-4-10-21-14/h13-14,18H,3-12H2,1-2H3.